The molecule has 3 heteroatoms. The number of aryl methyl sites for hydroxylation is 2. The number of nitrogens with one attached hydrogen (secondary N) is 1. The van der Waals surface area contributed by atoms with Gasteiger partial charge in [0.2, 0.25) is 5.78 Å². The number of rotatable bonds is 2. The third kappa shape index (κ3) is 2.03. The van der Waals surface area contributed by atoms with Crippen LogP contribution in [0.3, 0.4) is 0 Å². The molecule has 18 heavy (non-hydrogen) atoms. The van der Waals surface area contributed by atoms with Crippen LogP contribution < -0.4 is 0 Å². The smallest absolute Gasteiger partial charge is 0.210 e. The summed E-state index contributed by atoms with van der Waals surface area (Å²) in [6, 6.07) is 5.74. The topological polar surface area (TPSA) is 32.9 Å². The Morgan fingerprint density at radius 1 is 1.11 bits per heavy atom. The van der Waals surface area contributed by atoms with E-state index in [1.165, 1.54) is 0 Å². The van der Waals surface area contributed by atoms with E-state index < -0.39 is 0 Å². The quantitative estimate of drug-likeness (QED) is 0.827. The maximum Gasteiger partial charge on any atom is 0.210 e. The summed E-state index contributed by atoms with van der Waals surface area (Å²) >= 11 is 3.49. The molecule has 1 heterocycles. The molecule has 2 aromatic rings. The van der Waals surface area contributed by atoms with E-state index in [0.717, 1.165) is 26.9 Å². The number of carbonyl (C=O) groups is 1. The van der Waals surface area contributed by atoms with Gasteiger partial charge in [-0.15, -0.1) is 0 Å². The van der Waals surface area contributed by atoms with Crippen molar-refractivity contribution in [3.8, 4) is 0 Å². The van der Waals surface area contributed by atoms with Gasteiger partial charge in [-0.05, 0) is 66.4 Å². The molecule has 2 nitrogen and oxygen atoms in total. The van der Waals surface area contributed by atoms with Crippen molar-refractivity contribution in [1.82, 2.24) is 4.98 Å². The zero-order chi connectivity index (χ0) is 13.4. The van der Waals surface area contributed by atoms with Crippen LogP contribution in [0.15, 0.2) is 22.7 Å². The molecule has 1 N–H and O–H groups in total. The highest BCUT2D eigenvalue weighted by Crippen LogP contribution is 2.26. The Balaban J connectivity index is 2.55. The van der Waals surface area contributed by atoms with Gasteiger partial charge in [0, 0.05) is 15.7 Å². The van der Waals surface area contributed by atoms with Gasteiger partial charge in [-0.1, -0.05) is 12.1 Å². The van der Waals surface area contributed by atoms with Gasteiger partial charge < -0.3 is 4.98 Å². The fourth-order valence-corrected chi connectivity index (χ4v) is 2.47. The molecular weight excluding hydrogens is 290 g/mol. The monoisotopic (exact) mass is 305 g/mol. The minimum Gasteiger partial charge on any atom is -0.356 e. The van der Waals surface area contributed by atoms with E-state index in [1.54, 1.807) is 0 Å². The molecule has 0 spiro atoms. The number of halogens is 1. The molecule has 2 rings (SSSR count). The lowest BCUT2D eigenvalue weighted by molar-refractivity contribution is 0.103. The van der Waals surface area contributed by atoms with Crippen molar-refractivity contribution < 1.29 is 4.79 Å². The number of carbonyl (C=O) groups excluding carboxylic acids is 1. The number of aromatic amines is 1. The van der Waals surface area contributed by atoms with Crippen molar-refractivity contribution in [3.63, 3.8) is 0 Å². The molecule has 0 fully saturated rings. The second-order valence-corrected chi connectivity index (χ2v) is 5.43. The predicted molar refractivity (Wildman–Crippen MR) is 77.3 cm³/mol. The molecule has 0 aliphatic carbocycles. The molecule has 94 valence electrons. The first-order valence-electron chi connectivity index (χ1n) is 5.89. The van der Waals surface area contributed by atoms with Crippen LogP contribution in [0.5, 0.6) is 0 Å². The van der Waals surface area contributed by atoms with Crippen LogP contribution >= 0.6 is 15.9 Å². The molecule has 0 unspecified atom stereocenters. The second-order valence-electron chi connectivity index (χ2n) is 4.64. The fourth-order valence-electron chi connectivity index (χ4n) is 2.03. The average Bonchev–Trinajstić information content (AvgIpc) is 2.60. The summed E-state index contributed by atoms with van der Waals surface area (Å²) in [6.07, 6.45) is 0. The van der Waals surface area contributed by atoms with Gasteiger partial charge in [-0.25, -0.2) is 0 Å². The average molecular weight is 306 g/mol. The second kappa shape index (κ2) is 4.73. The number of H-pyrrole nitrogens is 1. The van der Waals surface area contributed by atoms with Gasteiger partial charge in [0.25, 0.3) is 0 Å². The molecule has 0 saturated heterocycles. The summed E-state index contributed by atoms with van der Waals surface area (Å²) in [5.41, 5.74) is 5.71. The van der Waals surface area contributed by atoms with Gasteiger partial charge in [0.15, 0.2) is 0 Å². The summed E-state index contributed by atoms with van der Waals surface area (Å²) in [5.74, 6) is 0.0410. The third-order valence-corrected chi connectivity index (χ3v) is 4.53. The number of hydrogen-bond acceptors (Lipinski definition) is 1. The lowest BCUT2D eigenvalue weighted by atomic mass is 10.0. The summed E-state index contributed by atoms with van der Waals surface area (Å²) < 4.78 is 0.874. The highest BCUT2D eigenvalue weighted by atomic mass is 79.9. The largest absolute Gasteiger partial charge is 0.356 e. The Bertz CT molecular complexity index is 626. The first-order valence-corrected chi connectivity index (χ1v) is 6.68. The molecule has 0 bridgehead atoms. The van der Waals surface area contributed by atoms with E-state index in [2.05, 4.69) is 20.9 Å². The van der Waals surface area contributed by atoms with Crippen LogP contribution in [0.25, 0.3) is 0 Å². The zero-order valence-corrected chi connectivity index (χ0v) is 12.6. The lowest BCUT2D eigenvalue weighted by Crippen LogP contribution is -2.05. The SMILES string of the molecule is Cc1cccc(C(=O)c2[nH]c(C)c(C)c2C)c1Br. The fraction of sp³-hybridized carbons (Fsp3) is 0.267. The highest BCUT2D eigenvalue weighted by molar-refractivity contribution is 9.10. The van der Waals surface area contributed by atoms with Gasteiger partial charge in [0.05, 0.1) is 5.69 Å². The molecule has 0 aliphatic heterocycles. The predicted octanol–water partition coefficient (Wildman–Crippen LogP) is 4.24. The Morgan fingerprint density at radius 3 is 2.33 bits per heavy atom. The van der Waals surface area contributed by atoms with Crippen LogP contribution in [-0.4, -0.2) is 10.8 Å². The van der Waals surface area contributed by atoms with Crippen LogP contribution in [0.2, 0.25) is 0 Å². The van der Waals surface area contributed by atoms with E-state index in [0.29, 0.717) is 11.3 Å². The molecule has 0 radical (unpaired) electrons. The minimum atomic E-state index is 0.0410. The summed E-state index contributed by atoms with van der Waals surface area (Å²) in [6.45, 7) is 7.99. The molecule has 0 atom stereocenters. The van der Waals surface area contributed by atoms with Crippen LogP contribution in [0.1, 0.15) is 38.4 Å². The molecule has 1 aromatic heterocycles. The molecular formula is C15H16BrNO. The maximum absolute atomic E-state index is 12.5. The first kappa shape index (κ1) is 13.1. The van der Waals surface area contributed by atoms with Crippen molar-refractivity contribution in [2.75, 3.05) is 0 Å². The Morgan fingerprint density at radius 2 is 1.78 bits per heavy atom. The zero-order valence-electron chi connectivity index (χ0n) is 11.0. The van der Waals surface area contributed by atoms with E-state index in [9.17, 15) is 4.79 Å². The standard InChI is InChI=1S/C15H16BrNO/c1-8-6-5-7-12(13(8)16)15(18)14-10(3)9(2)11(4)17-14/h5-7,17H,1-4H3. The van der Waals surface area contributed by atoms with Crippen LogP contribution in [-0.2, 0) is 0 Å². The van der Waals surface area contributed by atoms with Crippen LogP contribution in [0.4, 0.5) is 0 Å². The number of benzene rings is 1. The maximum atomic E-state index is 12.5. The summed E-state index contributed by atoms with van der Waals surface area (Å²) in [5, 5.41) is 0. The number of aromatic nitrogens is 1. The molecule has 0 saturated carbocycles. The van der Waals surface area contributed by atoms with E-state index in [-0.39, 0.29) is 5.78 Å². The van der Waals surface area contributed by atoms with Gasteiger partial charge in [-0.2, -0.15) is 0 Å². The van der Waals surface area contributed by atoms with Crippen molar-refractivity contribution in [3.05, 3.63) is 56.3 Å². The molecule has 0 amide bonds. The summed E-state index contributed by atoms with van der Waals surface area (Å²) in [4.78, 5) is 15.7. The van der Waals surface area contributed by atoms with Crippen LogP contribution in [0, 0.1) is 27.7 Å². The lowest BCUT2D eigenvalue weighted by Gasteiger charge is -2.06. The summed E-state index contributed by atoms with van der Waals surface area (Å²) in [7, 11) is 0. The number of ketones is 1. The van der Waals surface area contributed by atoms with Gasteiger partial charge >= 0.3 is 0 Å². The molecule has 1 aromatic carbocycles. The highest BCUT2D eigenvalue weighted by Gasteiger charge is 2.19. The Hall–Kier alpha value is -1.35. The Labute approximate surface area is 116 Å². The molecule has 0 aliphatic rings. The first-order chi connectivity index (χ1) is 8.43. The van der Waals surface area contributed by atoms with Gasteiger partial charge in [-0.3, -0.25) is 4.79 Å². The Kier molecular flexibility index (Phi) is 3.44. The van der Waals surface area contributed by atoms with Crippen molar-refractivity contribution >= 4 is 21.7 Å². The van der Waals surface area contributed by atoms with Gasteiger partial charge in [0.1, 0.15) is 0 Å². The van der Waals surface area contributed by atoms with Crippen molar-refractivity contribution in [1.29, 1.82) is 0 Å². The van der Waals surface area contributed by atoms with E-state index in [1.807, 2.05) is 45.9 Å². The third-order valence-electron chi connectivity index (χ3n) is 3.48. The van der Waals surface area contributed by atoms with E-state index >= 15 is 0 Å². The minimum absolute atomic E-state index is 0.0410. The van der Waals surface area contributed by atoms with Crippen molar-refractivity contribution in [2.45, 2.75) is 27.7 Å². The normalized spacial score (nSPS) is 10.7. The number of hydrogen-bond donors (Lipinski definition) is 1. The van der Waals surface area contributed by atoms with Crippen molar-refractivity contribution in [2.24, 2.45) is 0 Å². The van der Waals surface area contributed by atoms with E-state index in [4.69, 9.17) is 0 Å².